The Morgan fingerprint density at radius 2 is 1.82 bits per heavy atom. The molecule has 3 aliphatic rings. The topological polar surface area (TPSA) is 108 Å². The van der Waals surface area contributed by atoms with Crippen LogP contribution in [0.3, 0.4) is 0 Å². The van der Waals surface area contributed by atoms with Gasteiger partial charge in [0.2, 0.25) is 17.4 Å². The molecular weight excluding hydrogens is 480 g/mol. The zero-order chi connectivity index (χ0) is 26.2. The standard InChI is InChI=1S/C30H26N4O4/c1-16-7-5-11-21-26(16)32-29(37)30(21)25-24(23(33-30)13-17-15-31-22-12-4-3-10-20(17)22)27(35)34(28(25)36)18-8-6-9-19(14-18)38-2/h3-12,14-15,23-25,31,33H,13H2,1-2H3,(H,32,37)/p+1/t23?,24?,25?,30-/m0/s1. The second kappa shape index (κ2) is 8.03. The summed E-state index contributed by atoms with van der Waals surface area (Å²) >= 11 is 0. The number of anilines is 2. The number of imide groups is 1. The smallest absolute Gasteiger partial charge is 0.291 e. The third-order valence-electron chi connectivity index (χ3n) is 8.55. The van der Waals surface area contributed by atoms with Crippen LogP contribution in [0.25, 0.3) is 10.9 Å². The number of methoxy groups -OCH3 is 1. The number of fused-ring (bicyclic) bond motifs is 5. The summed E-state index contributed by atoms with van der Waals surface area (Å²) in [4.78, 5) is 46.8. The summed E-state index contributed by atoms with van der Waals surface area (Å²) in [6.07, 6.45) is 2.50. The van der Waals surface area contributed by atoms with Crippen LogP contribution in [0.1, 0.15) is 16.7 Å². The normalized spacial score (nSPS) is 25.8. The van der Waals surface area contributed by atoms with Gasteiger partial charge in [0.15, 0.2) is 0 Å². The number of nitrogens with two attached hydrogens (primary N) is 1. The van der Waals surface area contributed by atoms with Crippen molar-refractivity contribution in [1.29, 1.82) is 0 Å². The first-order valence-corrected chi connectivity index (χ1v) is 12.8. The molecule has 3 amide bonds. The van der Waals surface area contributed by atoms with E-state index in [0.29, 0.717) is 17.9 Å². The molecule has 0 aliphatic carbocycles. The molecule has 1 spiro atoms. The predicted molar refractivity (Wildman–Crippen MR) is 142 cm³/mol. The maximum Gasteiger partial charge on any atom is 0.291 e. The van der Waals surface area contributed by atoms with Crippen LogP contribution in [0.4, 0.5) is 11.4 Å². The van der Waals surface area contributed by atoms with Crippen LogP contribution in [0.5, 0.6) is 5.75 Å². The van der Waals surface area contributed by atoms with Gasteiger partial charge in [0.25, 0.3) is 5.91 Å². The summed E-state index contributed by atoms with van der Waals surface area (Å²) < 4.78 is 5.36. The molecule has 3 unspecified atom stereocenters. The van der Waals surface area contributed by atoms with Gasteiger partial charge in [-0.1, -0.05) is 42.5 Å². The van der Waals surface area contributed by atoms with Crippen LogP contribution >= 0.6 is 0 Å². The number of quaternary nitrogens is 1. The molecule has 0 radical (unpaired) electrons. The first-order valence-electron chi connectivity index (χ1n) is 12.8. The van der Waals surface area contributed by atoms with E-state index in [1.165, 1.54) is 4.90 Å². The molecule has 4 heterocycles. The van der Waals surface area contributed by atoms with E-state index >= 15 is 0 Å². The molecule has 1 aromatic heterocycles. The molecule has 4 N–H and O–H groups in total. The van der Waals surface area contributed by atoms with Gasteiger partial charge >= 0.3 is 0 Å². The van der Waals surface area contributed by atoms with Crippen molar-refractivity contribution in [3.05, 3.63) is 89.6 Å². The number of rotatable bonds is 4. The van der Waals surface area contributed by atoms with Crippen molar-refractivity contribution in [3.63, 3.8) is 0 Å². The number of carbonyl (C=O) groups is 3. The van der Waals surface area contributed by atoms with E-state index in [1.807, 2.05) is 54.8 Å². The van der Waals surface area contributed by atoms with Gasteiger partial charge in [-0.25, -0.2) is 4.90 Å². The molecule has 3 aliphatic heterocycles. The van der Waals surface area contributed by atoms with Crippen molar-refractivity contribution < 1.29 is 24.4 Å². The zero-order valence-electron chi connectivity index (χ0n) is 21.0. The molecule has 190 valence electrons. The second-order valence-electron chi connectivity index (χ2n) is 10.4. The Labute approximate surface area is 219 Å². The van der Waals surface area contributed by atoms with E-state index in [1.54, 1.807) is 31.4 Å². The minimum Gasteiger partial charge on any atom is -0.497 e. The third-order valence-corrected chi connectivity index (χ3v) is 8.55. The SMILES string of the molecule is COc1cccc(N2C(=O)C3C(Cc4c[nH]c5ccccc45)[NH2+][C@]4(C(=O)Nc5c(C)cccc54)C3C2=O)c1. The molecular formula is C30H27N4O4+. The number of aryl methyl sites for hydroxylation is 1. The van der Waals surface area contributed by atoms with E-state index in [0.717, 1.165) is 33.3 Å². The number of H-pyrrole nitrogens is 1. The lowest BCUT2D eigenvalue weighted by Crippen LogP contribution is -2.99. The molecule has 38 heavy (non-hydrogen) atoms. The van der Waals surface area contributed by atoms with Crippen molar-refractivity contribution in [2.24, 2.45) is 11.8 Å². The van der Waals surface area contributed by atoms with Crippen LogP contribution in [-0.4, -0.2) is 35.9 Å². The summed E-state index contributed by atoms with van der Waals surface area (Å²) in [7, 11) is 1.55. The van der Waals surface area contributed by atoms with Crippen molar-refractivity contribution in [2.75, 3.05) is 17.3 Å². The average Bonchev–Trinajstić information content (AvgIpc) is 3.64. The molecule has 8 heteroatoms. The Morgan fingerprint density at radius 1 is 1.00 bits per heavy atom. The molecule has 0 saturated carbocycles. The van der Waals surface area contributed by atoms with Gasteiger partial charge in [-0.3, -0.25) is 14.4 Å². The van der Waals surface area contributed by atoms with Crippen LogP contribution in [0, 0.1) is 18.8 Å². The number of hydrogen-bond donors (Lipinski definition) is 3. The fourth-order valence-corrected chi connectivity index (χ4v) is 6.88. The number of carbonyl (C=O) groups excluding carboxylic acids is 3. The number of amides is 3. The van der Waals surface area contributed by atoms with Gasteiger partial charge in [0.05, 0.1) is 18.5 Å². The van der Waals surface area contributed by atoms with E-state index in [-0.39, 0.29) is 23.8 Å². The monoisotopic (exact) mass is 507 g/mol. The van der Waals surface area contributed by atoms with Crippen molar-refractivity contribution in [3.8, 4) is 5.75 Å². The molecule has 3 aromatic carbocycles. The van der Waals surface area contributed by atoms with Gasteiger partial charge in [-0.2, -0.15) is 0 Å². The minimum atomic E-state index is -1.22. The van der Waals surface area contributed by atoms with E-state index in [9.17, 15) is 14.4 Å². The summed E-state index contributed by atoms with van der Waals surface area (Å²) in [6, 6.07) is 20.4. The number of aromatic nitrogens is 1. The largest absolute Gasteiger partial charge is 0.497 e. The van der Waals surface area contributed by atoms with Crippen LogP contribution in [-0.2, 0) is 26.3 Å². The van der Waals surface area contributed by atoms with Gasteiger partial charge in [-0.05, 0) is 36.2 Å². The molecule has 0 bridgehead atoms. The third kappa shape index (κ3) is 2.92. The highest BCUT2D eigenvalue weighted by Crippen LogP contribution is 2.51. The van der Waals surface area contributed by atoms with Crippen LogP contribution in [0.2, 0.25) is 0 Å². The number of nitrogens with one attached hydrogen (secondary N) is 2. The van der Waals surface area contributed by atoms with Crippen LogP contribution in [0.15, 0.2) is 72.9 Å². The highest BCUT2D eigenvalue weighted by molar-refractivity contribution is 6.25. The molecule has 8 nitrogen and oxygen atoms in total. The lowest BCUT2D eigenvalue weighted by atomic mass is 9.76. The molecule has 4 aromatic rings. The summed E-state index contributed by atoms with van der Waals surface area (Å²) in [6.45, 7) is 1.94. The van der Waals surface area contributed by atoms with Crippen molar-refractivity contribution in [2.45, 2.75) is 24.9 Å². The van der Waals surface area contributed by atoms with Gasteiger partial charge < -0.3 is 20.4 Å². The van der Waals surface area contributed by atoms with Gasteiger partial charge in [0.1, 0.15) is 23.6 Å². The molecule has 4 atom stereocenters. The Kier molecular flexibility index (Phi) is 4.81. The lowest BCUT2D eigenvalue weighted by Gasteiger charge is -2.26. The molecule has 2 fully saturated rings. The van der Waals surface area contributed by atoms with E-state index in [2.05, 4.69) is 16.4 Å². The summed E-state index contributed by atoms with van der Waals surface area (Å²) in [5, 5.41) is 6.12. The number of ether oxygens (including phenoxy) is 1. The molecule has 2 saturated heterocycles. The zero-order valence-corrected chi connectivity index (χ0v) is 21.0. The summed E-state index contributed by atoms with van der Waals surface area (Å²) in [5.41, 5.74) is 3.74. The first kappa shape index (κ1) is 22.7. The minimum absolute atomic E-state index is 0.244. The Morgan fingerprint density at radius 3 is 2.66 bits per heavy atom. The van der Waals surface area contributed by atoms with Crippen LogP contribution < -0.4 is 20.3 Å². The maximum absolute atomic E-state index is 14.2. The van der Waals surface area contributed by atoms with Crippen molar-refractivity contribution in [1.82, 2.24) is 4.98 Å². The number of benzene rings is 3. The number of nitrogens with zero attached hydrogens (tertiary/aromatic N) is 1. The number of para-hydroxylation sites is 2. The highest BCUT2D eigenvalue weighted by atomic mass is 16.5. The van der Waals surface area contributed by atoms with Crippen molar-refractivity contribution >= 4 is 40.0 Å². The number of aromatic amines is 1. The van der Waals surface area contributed by atoms with E-state index < -0.39 is 17.4 Å². The molecule has 7 rings (SSSR count). The average molecular weight is 508 g/mol. The fraction of sp³-hybridized carbons (Fsp3) is 0.233. The maximum atomic E-state index is 14.2. The Bertz CT molecular complexity index is 1660. The lowest BCUT2D eigenvalue weighted by molar-refractivity contribution is -0.733. The van der Waals surface area contributed by atoms with Gasteiger partial charge in [-0.15, -0.1) is 0 Å². The Balaban J connectivity index is 1.38. The fourth-order valence-electron chi connectivity index (χ4n) is 6.88. The first-order chi connectivity index (χ1) is 18.4. The number of hydrogen-bond acceptors (Lipinski definition) is 4. The van der Waals surface area contributed by atoms with Gasteiger partial charge in [0, 0.05) is 35.2 Å². The Hall–Kier alpha value is -4.43. The highest BCUT2D eigenvalue weighted by Gasteiger charge is 2.74. The quantitative estimate of drug-likeness (QED) is 0.369. The predicted octanol–water partition coefficient (Wildman–Crippen LogP) is 2.63. The van der Waals surface area contributed by atoms with E-state index in [4.69, 9.17) is 4.74 Å². The summed E-state index contributed by atoms with van der Waals surface area (Å²) in [5.74, 6) is -1.82. The second-order valence-corrected chi connectivity index (χ2v) is 10.4.